The highest BCUT2D eigenvalue weighted by Crippen LogP contribution is 2.38. The summed E-state index contributed by atoms with van der Waals surface area (Å²) in [7, 11) is 0. The van der Waals surface area contributed by atoms with Gasteiger partial charge in [0.25, 0.3) is 0 Å². The summed E-state index contributed by atoms with van der Waals surface area (Å²) >= 11 is 0. The standard InChI is InChI=1S/C13H20N2O3/c1-3-10(13(17)18-4-2)12(16)11-7-14-8-15(11)9-5-6-9/h7-10,12,16H,3-6H2,1-2H3. The first-order valence-electron chi connectivity index (χ1n) is 6.55. The van der Waals surface area contributed by atoms with Crippen LogP contribution in [0.5, 0.6) is 0 Å². The van der Waals surface area contributed by atoms with Crippen LogP contribution in [-0.4, -0.2) is 27.2 Å². The van der Waals surface area contributed by atoms with E-state index in [-0.39, 0.29) is 5.97 Å². The first kappa shape index (κ1) is 13.1. The second-order valence-corrected chi connectivity index (χ2v) is 4.67. The topological polar surface area (TPSA) is 64.3 Å². The Kier molecular flexibility index (Phi) is 4.01. The first-order chi connectivity index (χ1) is 8.69. The van der Waals surface area contributed by atoms with Crippen LogP contribution in [0.4, 0.5) is 0 Å². The lowest BCUT2D eigenvalue weighted by Crippen LogP contribution is -2.25. The number of esters is 1. The molecule has 0 amide bonds. The zero-order chi connectivity index (χ0) is 13.1. The smallest absolute Gasteiger partial charge is 0.311 e. The van der Waals surface area contributed by atoms with Crippen molar-refractivity contribution in [2.45, 2.75) is 45.3 Å². The highest BCUT2D eigenvalue weighted by molar-refractivity contribution is 5.73. The van der Waals surface area contributed by atoms with E-state index in [0.717, 1.165) is 18.5 Å². The lowest BCUT2D eigenvalue weighted by Gasteiger charge is -2.21. The lowest BCUT2D eigenvalue weighted by molar-refractivity contribution is -0.152. The van der Waals surface area contributed by atoms with Crippen LogP contribution in [0.25, 0.3) is 0 Å². The number of nitrogens with zero attached hydrogens (tertiary/aromatic N) is 2. The molecule has 5 nitrogen and oxygen atoms in total. The van der Waals surface area contributed by atoms with Gasteiger partial charge in [0.15, 0.2) is 0 Å². The Balaban J connectivity index is 2.14. The van der Waals surface area contributed by atoms with Gasteiger partial charge in [-0.05, 0) is 26.2 Å². The number of carbonyl (C=O) groups is 1. The number of aliphatic hydroxyl groups excluding tert-OH is 1. The van der Waals surface area contributed by atoms with Gasteiger partial charge in [-0.15, -0.1) is 0 Å². The van der Waals surface area contributed by atoms with E-state index < -0.39 is 12.0 Å². The SMILES string of the molecule is CCOC(=O)C(CC)C(O)c1cncn1C1CC1. The summed E-state index contributed by atoms with van der Waals surface area (Å²) in [5, 5.41) is 10.4. The van der Waals surface area contributed by atoms with E-state index in [1.54, 1.807) is 19.4 Å². The van der Waals surface area contributed by atoms with Crippen molar-refractivity contribution in [3.8, 4) is 0 Å². The Labute approximate surface area is 107 Å². The molecule has 1 aromatic heterocycles. The monoisotopic (exact) mass is 252 g/mol. The Morgan fingerprint density at radius 3 is 2.89 bits per heavy atom. The third-order valence-corrected chi connectivity index (χ3v) is 3.35. The minimum absolute atomic E-state index is 0.337. The van der Waals surface area contributed by atoms with Crippen LogP contribution in [0.1, 0.15) is 50.9 Å². The molecule has 1 heterocycles. The van der Waals surface area contributed by atoms with Crippen LogP contribution in [-0.2, 0) is 9.53 Å². The number of aliphatic hydroxyl groups is 1. The Morgan fingerprint density at radius 2 is 2.33 bits per heavy atom. The molecule has 0 radical (unpaired) electrons. The van der Waals surface area contributed by atoms with Gasteiger partial charge in [-0.1, -0.05) is 6.92 Å². The van der Waals surface area contributed by atoms with Crippen molar-refractivity contribution in [1.29, 1.82) is 0 Å². The summed E-state index contributed by atoms with van der Waals surface area (Å²) in [6, 6.07) is 0.442. The van der Waals surface area contributed by atoms with Crippen LogP contribution in [0.2, 0.25) is 0 Å². The number of aromatic nitrogens is 2. The maximum atomic E-state index is 11.8. The second-order valence-electron chi connectivity index (χ2n) is 4.67. The minimum Gasteiger partial charge on any atom is -0.466 e. The molecule has 1 saturated carbocycles. The molecule has 1 aliphatic rings. The molecular formula is C13H20N2O3. The van der Waals surface area contributed by atoms with E-state index in [0.29, 0.717) is 19.1 Å². The molecule has 2 rings (SSSR count). The number of carbonyl (C=O) groups excluding carboxylic acids is 1. The number of hydrogen-bond acceptors (Lipinski definition) is 4. The third-order valence-electron chi connectivity index (χ3n) is 3.35. The number of ether oxygens (including phenoxy) is 1. The van der Waals surface area contributed by atoms with Gasteiger partial charge in [0, 0.05) is 6.04 Å². The Hall–Kier alpha value is -1.36. The predicted molar refractivity (Wildman–Crippen MR) is 65.9 cm³/mol. The van der Waals surface area contributed by atoms with Gasteiger partial charge in [0.2, 0.25) is 0 Å². The molecule has 2 unspecified atom stereocenters. The predicted octanol–water partition coefficient (Wildman–Crippen LogP) is 1.84. The van der Waals surface area contributed by atoms with Crippen molar-refractivity contribution in [2.75, 3.05) is 6.61 Å². The summed E-state index contributed by atoms with van der Waals surface area (Å²) in [6.07, 6.45) is 5.32. The zero-order valence-corrected chi connectivity index (χ0v) is 10.9. The zero-order valence-electron chi connectivity index (χ0n) is 10.9. The average Bonchev–Trinajstić information content (AvgIpc) is 3.08. The van der Waals surface area contributed by atoms with Crippen LogP contribution < -0.4 is 0 Å². The fourth-order valence-corrected chi connectivity index (χ4v) is 2.18. The van der Waals surface area contributed by atoms with E-state index >= 15 is 0 Å². The molecule has 1 fully saturated rings. The molecule has 0 aromatic carbocycles. The number of hydrogen-bond donors (Lipinski definition) is 1. The highest BCUT2D eigenvalue weighted by atomic mass is 16.5. The van der Waals surface area contributed by atoms with E-state index in [1.807, 2.05) is 11.5 Å². The van der Waals surface area contributed by atoms with Crippen LogP contribution in [0.15, 0.2) is 12.5 Å². The fraction of sp³-hybridized carbons (Fsp3) is 0.692. The van der Waals surface area contributed by atoms with Gasteiger partial charge < -0.3 is 14.4 Å². The molecule has 0 bridgehead atoms. The van der Waals surface area contributed by atoms with E-state index in [9.17, 15) is 9.90 Å². The van der Waals surface area contributed by atoms with Crippen LogP contribution in [0, 0.1) is 5.92 Å². The molecule has 0 aliphatic heterocycles. The minimum atomic E-state index is -0.836. The molecule has 2 atom stereocenters. The second kappa shape index (κ2) is 5.52. The maximum absolute atomic E-state index is 11.8. The molecule has 1 aliphatic carbocycles. The van der Waals surface area contributed by atoms with Crippen molar-refractivity contribution in [3.63, 3.8) is 0 Å². The molecule has 0 spiro atoms. The van der Waals surface area contributed by atoms with Gasteiger partial charge in [-0.3, -0.25) is 4.79 Å². The van der Waals surface area contributed by atoms with Gasteiger partial charge >= 0.3 is 5.97 Å². The number of imidazole rings is 1. The average molecular weight is 252 g/mol. The molecule has 1 N–H and O–H groups in total. The van der Waals surface area contributed by atoms with Crippen molar-refractivity contribution in [3.05, 3.63) is 18.2 Å². The van der Waals surface area contributed by atoms with E-state index in [4.69, 9.17) is 4.74 Å². The summed E-state index contributed by atoms with van der Waals surface area (Å²) < 4.78 is 6.98. The van der Waals surface area contributed by atoms with E-state index in [1.165, 1.54) is 0 Å². The van der Waals surface area contributed by atoms with E-state index in [2.05, 4.69) is 4.98 Å². The normalized spacial score (nSPS) is 18.4. The van der Waals surface area contributed by atoms with Crippen LogP contribution >= 0.6 is 0 Å². The summed E-state index contributed by atoms with van der Waals surface area (Å²) in [5.41, 5.74) is 0.720. The van der Waals surface area contributed by atoms with Gasteiger partial charge in [-0.2, -0.15) is 0 Å². The van der Waals surface area contributed by atoms with Gasteiger partial charge in [-0.25, -0.2) is 4.98 Å². The van der Waals surface area contributed by atoms with Crippen molar-refractivity contribution in [2.24, 2.45) is 5.92 Å². The molecule has 18 heavy (non-hydrogen) atoms. The van der Waals surface area contributed by atoms with Gasteiger partial charge in [0.05, 0.1) is 30.7 Å². The lowest BCUT2D eigenvalue weighted by atomic mass is 9.97. The Morgan fingerprint density at radius 1 is 1.61 bits per heavy atom. The Bertz CT molecular complexity index is 412. The van der Waals surface area contributed by atoms with Crippen molar-refractivity contribution in [1.82, 2.24) is 9.55 Å². The highest BCUT2D eigenvalue weighted by Gasteiger charge is 2.33. The van der Waals surface area contributed by atoms with Crippen molar-refractivity contribution < 1.29 is 14.6 Å². The summed E-state index contributed by atoms with van der Waals surface area (Å²) in [5.74, 6) is -0.852. The van der Waals surface area contributed by atoms with Crippen molar-refractivity contribution >= 4 is 5.97 Å². The summed E-state index contributed by atoms with van der Waals surface area (Å²) in [6.45, 7) is 3.98. The number of rotatable bonds is 6. The molecular weight excluding hydrogens is 232 g/mol. The summed E-state index contributed by atoms with van der Waals surface area (Å²) in [4.78, 5) is 15.9. The quantitative estimate of drug-likeness (QED) is 0.785. The largest absolute Gasteiger partial charge is 0.466 e. The molecule has 100 valence electrons. The van der Waals surface area contributed by atoms with Gasteiger partial charge in [0.1, 0.15) is 6.10 Å². The third kappa shape index (κ3) is 2.56. The first-order valence-corrected chi connectivity index (χ1v) is 6.55. The molecule has 5 heteroatoms. The molecule has 0 saturated heterocycles. The maximum Gasteiger partial charge on any atom is 0.311 e. The van der Waals surface area contributed by atoms with Crippen LogP contribution in [0.3, 0.4) is 0 Å². The fourth-order valence-electron chi connectivity index (χ4n) is 2.18. The molecule has 1 aromatic rings.